The number of esters is 2. The average Bonchev–Trinajstić information content (AvgIpc) is 3.25. The van der Waals surface area contributed by atoms with E-state index in [2.05, 4.69) is 9.47 Å². The van der Waals surface area contributed by atoms with Crippen LogP contribution >= 0.6 is 23.2 Å². The molecule has 0 N–H and O–H groups in total. The number of carbonyl (C=O) groups excluding carboxylic acids is 4. The summed E-state index contributed by atoms with van der Waals surface area (Å²) in [5.41, 5.74) is 9.07. The zero-order valence-electron chi connectivity index (χ0n) is 35.4. The highest BCUT2D eigenvalue weighted by Crippen LogP contribution is 2.36. The highest BCUT2D eigenvalue weighted by molar-refractivity contribution is 6.32. The first-order valence-corrected chi connectivity index (χ1v) is 20.7. The summed E-state index contributed by atoms with van der Waals surface area (Å²) in [6.45, 7) is 11.0. The van der Waals surface area contributed by atoms with Crippen molar-refractivity contribution in [1.82, 2.24) is 9.97 Å². The lowest BCUT2D eigenvalue weighted by Gasteiger charge is -2.14. The van der Waals surface area contributed by atoms with Crippen molar-refractivity contribution in [2.75, 3.05) is 13.2 Å². The Balaban J connectivity index is 0.000000533. The Hall–Kier alpha value is -6.74. The Bertz CT molecular complexity index is 2590. The monoisotopic (exact) mass is 864 g/mol. The fourth-order valence-corrected chi connectivity index (χ4v) is 7.11. The van der Waals surface area contributed by atoms with Crippen LogP contribution in [0.2, 0.25) is 10.0 Å². The molecule has 0 bridgehead atoms. The number of benzene rings is 5. The van der Waals surface area contributed by atoms with Crippen LogP contribution in [0.25, 0.3) is 56.2 Å². The van der Waals surface area contributed by atoms with Crippen LogP contribution in [0, 0.1) is 13.8 Å². The first kappa shape index (κ1) is 46.3. The second-order valence-corrected chi connectivity index (χ2v) is 14.7. The fourth-order valence-electron chi connectivity index (χ4n) is 6.76. The number of hydrogen-bond donors (Lipinski definition) is 0. The summed E-state index contributed by atoms with van der Waals surface area (Å²) < 4.78 is 8.81. The average molecular weight is 866 g/mol. The van der Waals surface area contributed by atoms with Crippen molar-refractivity contribution < 1.29 is 28.7 Å². The Morgan fingerprint density at radius 1 is 0.532 bits per heavy atom. The van der Waals surface area contributed by atoms with Gasteiger partial charge in [0.25, 0.3) is 0 Å². The molecule has 0 saturated carbocycles. The third-order valence-corrected chi connectivity index (χ3v) is 9.83. The molecule has 0 aliphatic rings. The summed E-state index contributed by atoms with van der Waals surface area (Å²) in [6, 6.07) is 38.4. The van der Waals surface area contributed by atoms with E-state index in [4.69, 9.17) is 33.2 Å². The van der Waals surface area contributed by atoms with Gasteiger partial charge in [0.1, 0.15) is 0 Å². The number of rotatable bonds is 10. The summed E-state index contributed by atoms with van der Waals surface area (Å²) in [6.07, 6.45) is 6.74. The highest BCUT2D eigenvalue weighted by atomic mass is 35.5. The Labute approximate surface area is 371 Å². The molecule has 0 radical (unpaired) electrons. The molecule has 7 aromatic rings. The van der Waals surface area contributed by atoms with Gasteiger partial charge in [-0.1, -0.05) is 120 Å². The van der Waals surface area contributed by atoms with Crippen molar-refractivity contribution in [2.24, 2.45) is 0 Å². The van der Waals surface area contributed by atoms with Crippen LogP contribution in [0.5, 0.6) is 0 Å². The van der Waals surface area contributed by atoms with Gasteiger partial charge in [0.2, 0.25) is 0 Å². The van der Waals surface area contributed by atoms with Gasteiger partial charge in [0.05, 0.1) is 35.4 Å². The van der Waals surface area contributed by atoms with E-state index >= 15 is 0 Å². The summed E-state index contributed by atoms with van der Waals surface area (Å²) in [7, 11) is 0. The van der Waals surface area contributed by atoms with E-state index in [1.54, 1.807) is 50.3 Å². The minimum atomic E-state index is -0.211. The molecule has 0 unspecified atom stereocenters. The lowest BCUT2D eigenvalue weighted by atomic mass is 9.91. The Morgan fingerprint density at radius 2 is 0.887 bits per heavy atom. The molecule has 10 heteroatoms. The largest absolute Gasteiger partial charge is 0.466 e. The molecule has 0 aliphatic carbocycles. The third kappa shape index (κ3) is 12.2. The number of halogens is 2. The van der Waals surface area contributed by atoms with E-state index in [9.17, 15) is 19.2 Å². The maximum Gasteiger partial charge on any atom is 0.302 e. The molecule has 62 heavy (non-hydrogen) atoms. The second-order valence-electron chi connectivity index (χ2n) is 13.9. The van der Waals surface area contributed by atoms with Crippen LogP contribution in [0.4, 0.5) is 0 Å². The number of ketones is 2. The predicted octanol–water partition coefficient (Wildman–Crippen LogP) is 13.0. The van der Waals surface area contributed by atoms with Crippen molar-refractivity contribution in [1.29, 1.82) is 0 Å². The van der Waals surface area contributed by atoms with Crippen molar-refractivity contribution in [2.45, 2.75) is 41.5 Å². The Morgan fingerprint density at radius 3 is 1.19 bits per heavy atom. The summed E-state index contributed by atoms with van der Waals surface area (Å²) in [4.78, 5) is 56.7. The van der Waals surface area contributed by atoms with Crippen molar-refractivity contribution in [3.8, 4) is 22.3 Å². The summed E-state index contributed by atoms with van der Waals surface area (Å²) >= 11 is 12.8. The predicted molar refractivity (Wildman–Crippen MR) is 252 cm³/mol. The van der Waals surface area contributed by atoms with Gasteiger partial charge in [-0.2, -0.15) is 0 Å². The van der Waals surface area contributed by atoms with Crippen molar-refractivity contribution in [3.63, 3.8) is 0 Å². The molecule has 5 aromatic carbocycles. The summed E-state index contributed by atoms with van der Waals surface area (Å²) in [5.74, 6) is -0.727. The number of ether oxygens (including phenoxy) is 2. The standard InChI is InChI=1S/C44H30Cl2N2O2.2C4H8O2/c1-27-41(43(31-9-5-3-6-10-31)35-25-33(45)19-21-37(35)47-27)39(49)23-17-29-13-15-30(16-14-29)18-24-40(50)42-28(2)48-38-22-20-34(46)26-36(38)44(42)32-11-7-4-8-12-32;2*1-3-6-4(2)5/h3-26H,1-2H3;2*3H2,1-2H3/b23-17+,24-18+;;. The van der Waals surface area contributed by atoms with E-state index in [1.807, 2.05) is 123 Å². The van der Waals surface area contributed by atoms with Gasteiger partial charge in [-0.15, -0.1) is 0 Å². The number of carbonyl (C=O) groups is 4. The van der Waals surface area contributed by atoms with Crippen LogP contribution < -0.4 is 0 Å². The number of fused-ring (bicyclic) bond motifs is 2. The van der Waals surface area contributed by atoms with Crippen LogP contribution in [0.3, 0.4) is 0 Å². The number of aromatic nitrogens is 2. The third-order valence-electron chi connectivity index (χ3n) is 9.36. The first-order chi connectivity index (χ1) is 29.8. The lowest BCUT2D eigenvalue weighted by Crippen LogP contribution is -2.05. The van der Waals surface area contributed by atoms with Crippen LogP contribution in [0.15, 0.2) is 133 Å². The zero-order valence-corrected chi connectivity index (χ0v) is 36.9. The minimum absolute atomic E-state index is 0.153. The van der Waals surface area contributed by atoms with E-state index in [1.165, 1.54) is 13.8 Å². The molecule has 314 valence electrons. The number of allylic oxidation sites excluding steroid dienone is 2. The van der Waals surface area contributed by atoms with E-state index in [-0.39, 0.29) is 23.5 Å². The second kappa shape index (κ2) is 22.2. The molecular formula is C52H46Cl2N2O6. The molecule has 0 saturated heterocycles. The zero-order chi connectivity index (χ0) is 44.8. The van der Waals surface area contributed by atoms with Gasteiger partial charge >= 0.3 is 11.9 Å². The minimum Gasteiger partial charge on any atom is -0.466 e. The normalized spacial score (nSPS) is 10.8. The molecule has 0 atom stereocenters. The van der Waals surface area contributed by atoms with Crippen LogP contribution in [-0.4, -0.2) is 46.7 Å². The van der Waals surface area contributed by atoms with Gasteiger partial charge in [0.15, 0.2) is 11.6 Å². The molecule has 0 fully saturated rings. The number of pyridine rings is 2. The molecule has 0 amide bonds. The molecule has 2 aromatic heterocycles. The highest BCUT2D eigenvalue weighted by Gasteiger charge is 2.21. The van der Waals surface area contributed by atoms with E-state index in [0.717, 1.165) is 55.2 Å². The lowest BCUT2D eigenvalue weighted by molar-refractivity contribution is -0.141. The van der Waals surface area contributed by atoms with Crippen molar-refractivity contribution in [3.05, 3.63) is 177 Å². The van der Waals surface area contributed by atoms with E-state index in [0.29, 0.717) is 45.8 Å². The molecule has 0 spiro atoms. The van der Waals surface area contributed by atoms with Crippen LogP contribution in [0.1, 0.15) is 70.9 Å². The topological polar surface area (TPSA) is 113 Å². The molecule has 8 nitrogen and oxygen atoms in total. The van der Waals surface area contributed by atoms with Gasteiger partial charge in [0, 0.05) is 57.2 Å². The van der Waals surface area contributed by atoms with Gasteiger partial charge in [-0.3, -0.25) is 29.1 Å². The fraction of sp³-hybridized carbons (Fsp3) is 0.154. The van der Waals surface area contributed by atoms with Crippen molar-refractivity contribution >= 4 is 80.7 Å². The SMILES string of the molecule is CCOC(C)=O.CCOC(C)=O.Cc1nc2ccc(Cl)cc2c(-c2ccccc2)c1C(=O)/C=C/c1ccc(/C=C/C(=O)c2c(C)nc3ccc(Cl)cc3c2-c2ccccc2)cc1. The maximum atomic E-state index is 13.8. The smallest absolute Gasteiger partial charge is 0.302 e. The molecule has 7 rings (SSSR count). The van der Waals surface area contributed by atoms with E-state index < -0.39 is 0 Å². The first-order valence-electron chi connectivity index (χ1n) is 19.9. The molecule has 2 heterocycles. The number of hydrogen-bond acceptors (Lipinski definition) is 8. The number of aryl methyl sites for hydroxylation is 2. The number of nitrogens with zero attached hydrogens (tertiary/aromatic N) is 2. The maximum absolute atomic E-state index is 13.8. The van der Waals surface area contributed by atoms with Crippen LogP contribution in [-0.2, 0) is 19.1 Å². The van der Waals surface area contributed by atoms with Gasteiger partial charge in [-0.05, 0) is 98.5 Å². The summed E-state index contributed by atoms with van der Waals surface area (Å²) in [5, 5.41) is 2.81. The Kier molecular flexibility index (Phi) is 16.6. The van der Waals surface area contributed by atoms with Gasteiger partial charge < -0.3 is 9.47 Å². The molecular weight excluding hydrogens is 819 g/mol. The quantitative estimate of drug-likeness (QED) is 0.0759. The molecule has 0 aliphatic heterocycles. The van der Waals surface area contributed by atoms with Gasteiger partial charge in [-0.25, -0.2) is 0 Å².